The number of ether oxygens (including phenoxy) is 1. The molecule has 1 rings (SSSR count). The lowest BCUT2D eigenvalue weighted by Crippen LogP contribution is -2.02. The van der Waals surface area contributed by atoms with Crippen molar-refractivity contribution in [1.29, 1.82) is 5.26 Å². The van der Waals surface area contributed by atoms with Crippen LogP contribution in [0.3, 0.4) is 0 Å². The average molecular weight is 204 g/mol. The Morgan fingerprint density at radius 1 is 1.60 bits per heavy atom. The summed E-state index contributed by atoms with van der Waals surface area (Å²) < 4.78 is 5.24. The van der Waals surface area contributed by atoms with Gasteiger partial charge in [-0.1, -0.05) is 0 Å². The van der Waals surface area contributed by atoms with Crippen LogP contribution in [0.5, 0.6) is 5.75 Å². The van der Waals surface area contributed by atoms with Crippen LogP contribution in [0, 0.1) is 11.3 Å². The van der Waals surface area contributed by atoms with Gasteiger partial charge < -0.3 is 10.5 Å². The molecule has 0 unspecified atom stereocenters. The lowest BCUT2D eigenvalue weighted by atomic mass is 10.1. The van der Waals surface area contributed by atoms with Crippen LogP contribution < -0.4 is 10.5 Å². The third-order valence-electron chi connectivity index (χ3n) is 1.95. The quantitative estimate of drug-likeness (QED) is 0.601. The molecule has 4 heteroatoms. The Hall–Kier alpha value is -2.02. The second-order valence-electron chi connectivity index (χ2n) is 3.04. The number of nitriles is 1. The first-order valence-corrected chi connectivity index (χ1v) is 4.57. The van der Waals surface area contributed by atoms with Crippen molar-refractivity contribution in [1.82, 2.24) is 0 Å². The minimum absolute atomic E-state index is 0.104. The molecule has 15 heavy (non-hydrogen) atoms. The molecular formula is C11H12N2O2. The summed E-state index contributed by atoms with van der Waals surface area (Å²) in [6, 6.07) is 4.99. The summed E-state index contributed by atoms with van der Waals surface area (Å²) in [5.41, 5.74) is 6.65. The summed E-state index contributed by atoms with van der Waals surface area (Å²) in [6.45, 7) is 3.67. The van der Waals surface area contributed by atoms with E-state index in [4.69, 9.17) is 15.7 Å². The normalized spacial score (nSPS) is 9.40. The van der Waals surface area contributed by atoms with E-state index in [1.54, 1.807) is 13.0 Å². The Labute approximate surface area is 88.3 Å². The van der Waals surface area contributed by atoms with E-state index in [1.807, 2.05) is 6.07 Å². The molecule has 0 atom stereocenters. The lowest BCUT2D eigenvalue weighted by Gasteiger charge is -2.09. The van der Waals surface area contributed by atoms with Gasteiger partial charge in [0.05, 0.1) is 12.3 Å². The smallest absolute Gasteiger partial charge is 0.160 e. The third kappa shape index (κ3) is 2.26. The molecular weight excluding hydrogens is 192 g/mol. The minimum Gasteiger partial charge on any atom is -0.492 e. The molecule has 2 N–H and O–H groups in total. The van der Waals surface area contributed by atoms with Gasteiger partial charge in [0.25, 0.3) is 0 Å². The first-order chi connectivity index (χ1) is 7.10. The van der Waals surface area contributed by atoms with E-state index in [9.17, 15) is 4.79 Å². The van der Waals surface area contributed by atoms with Crippen LogP contribution in [0.15, 0.2) is 12.1 Å². The van der Waals surface area contributed by atoms with Crippen LogP contribution in [-0.2, 0) is 0 Å². The van der Waals surface area contributed by atoms with Crippen molar-refractivity contribution in [2.24, 2.45) is 0 Å². The van der Waals surface area contributed by atoms with Gasteiger partial charge in [-0.05, 0) is 26.0 Å². The van der Waals surface area contributed by atoms with E-state index >= 15 is 0 Å². The maximum absolute atomic E-state index is 11.2. The van der Waals surface area contributed by atoms with E-state index in [0.29, 0.717) is 17.9 Å². The number of benzene rings is 1. The molecule has 0 fully saturated rings. The van der Waals surface area contributed by atoms with Crippen molar-refractivity contribution < 1.29 is 9.53 Å². The van der Waals surface area contributed by atoms with Gasteiger partial charge in [-0.25, -0.2) is 0 Å². The maximum Gasteiger partial charge on any atom is 0.160 e. The number of hydrogen-bond acceptors (Lipinski definition) is 4. The molecule has 1 aromatic carbocycles. The van der Waals surface area contributed by atoms with E-state index in [0.717, 1.165) is 0 Å². The SMILES string of the molecule is CCOc1cc(C(C)=O)cc(N)c1C#N. The Kier molecular flexibility index (Phi) is 3.29. The number of nitrogens with two attached hydrogens (primary N) is 1. The summed E-state index contributed by atoms with van der Waals surface area (Å²) in [6.07, 6.45) is 0. The van der Waals surface area contributed by atoms with Crippen molar-refractivity contribution in [3.05, 3.63) is 23.3 Å². The Bertz CT molecular complexity index is 433. The van der Waals surface area contributed by atoms with Crippen molar-refractivity contribution in [2.45, 2.75) is 13.8 Å². The number of anilines is 1. The molecule has 0 radical (unpaired) electrons. The predicted molar refractivity (Wildman–Crippen MR) is 56.7 cm³/mol. The molecule has 0 bridgehead atoms. The Morgan fingerprint density at radius 2 is 2.27 bits per heavy atom. The summed E-state index contributed by atoms with van der Waals surface area (Å²) >= 11 is 0. The van der Waals surface area contributed by atoms with Gasteiger partial charge in [-0.3, -0.25) is 4.79 Å². The average Bonchev–Trinajstić information content (AvgIpc) is 2.17. The van der Waals surface area contributed by atoms with Gasteiger partial charge >= 0.3 is 0 Å². The number of ketones is 1. The van der Waals surface area contributed by atoms with Gasteiger partial charge in [0.2, 0.25) is 0 Å². The van der Waals surface area contributed by atoms with Gasteiger partial charge in [0, 0.05) is 5.56 Å². The van der Waals surface area contributed by atoms with Gasteiger partial charge in [0.1, 0.15) is 17.4 Å². The number of hydrogen-bond donors (Lipinski definition) is 1. The summed E-state index contributed by atoms with van der Waals surface area (Å²) in [4.78, 5) is 11.2. The second-order valence-corrected chi connectivity index (χ2v) is 3.04. The van der Waals surface area contributed by atoms with Crippen LogP contribution in [0.4, 0.5) is 5.69 Å². The van der Waals surface area contributed by atoms with Gasteiger partial charge in [0.15, 0.2) is 5.78 Å². The van der Waals surface area contributed by atoms with Gasteiger partial charge in [-0.15, -0.1) is 0 Å². The molecule has 1 aromatic rings. The third-order valence-corrected chi connectivity index (χ3v) is 1.95. The number of rotatable bonds is 3. The molecule has 0 saturated heterocycles. The van der Waals surface area contributed by atoms with Crippen LogP contribution in [0.25, 0.3) is 0 Å². The molecule has 0 heterocycles. The highest BCUT2D eigenvalue weighted by Gasteiger charge is 2.11. The minimum atomic E-state index is -0.104. The maximum atomic E-state index is 11.2. The fourth-order valence-electron chi connectivity index (χ4n) is 1.23. The molecule has 0 aromatic heterocycles. The van der Waals surface area contributed by atoms with Crippen LogP contribution >= 0.6 is 0 Å². The van der Waals surface area contributed by atoms with Crippen molar-refractivity contribution >= 4 is 11.5 Å². The van der Waals surface area contributed by atoms with Crippen LogP contribution in [0.2, 0.25) is 0 Å². The zero-order valence-electron chi connectivity index (χ0n) is 8.70. The van der Waals surface area contributed by atoms with Crippen LogP contribution in [0.1, 0.15) is 29.8 Å². The first kappa shape index (κ1) is 11.1. The highest BCUT2D eigenvalue weighted by Crippen LogP contribution is 2.26. The number of carbonyl (C=O) groups excluding carboxylic acids is 1. The van der Waals surface area contributed by atoms with E-state index < -0.39 is 0 Å². The van der Waals surface area contributed by atoms with Crippen molar-refractivity contribution in [3.63, 3.8) is 0 Å². The number of nitrogens with zero attached hydrogens (tertiary/aromatic N) is 1. The highest BCUT2D eigenvalue weighted by atomic mass is 16.5. The molecule has 0 aliphatic carbocycles. The number of nitrogen functional groups attached to an aromatic ring is 1. The second kappa shape index (κ2) is 4.47. The number of carbonyl (C=O) groups is 1. The topological polar surface area (TPSA) is 76.1 Å². The summed E-state index contributed by atoms with van der Waals surface area (Å²) in [5.74, 6) is 0.261. The molecule has 0 aliphatic rings. The van der Waals surface area contributed by atoms with Crippen LogP contribution in [-0.4, -0.2) is 12.4 Å². The van der Waals surface area contributed by atoms with E-state index in [-0.39, 0.29) is 17.0 Å². The molecule has 0 amide bonds. The molecule has 4 nitrogen and oxygen atoms in total. The lowest BCUT2D eigenvalue weighted by molar-refractivity contribution is 0.101. The Balaban J connectivity index is 3.33. The fourth-order valence-corrected chi connectivity index (χ4v) is 1.23. The summed E-state index contributed by atoms with van der Waals surface area (Å²) in [5, 5.41) is 8.86. The standard InChI is InChI=1S/C11H12N2O2/c1-3-15-11-5-8(7(2)14)4-10(13)9(11)6-12/h4-5H,3,13H2,1-2H3. The van der Waals surface area contributed by atoms with Crippen molar-refractivity contribution in [3.8, 4) is 11.8 Å². The van der Waals surface area contributed by atoms with E-state index in [2.05, 4.69) is 0 Å². The summed E-state index contributed by atoms with van der Waals surface area (Å²) in [7, 11) is 0. The van der Waals surface area contributed by atoms with E-state index in [1.165, 1.54) is 13.0 Å². The zero-order chi connectivity index (χ0) is 11.4. The zero-order valence-corrected chi connectivity index (χ0v) is 8.70. The van der Waals surface area contributed by atoms with Gasteiger partial charge in [-0.2, -0.15) is 5.26 Å². The molecule has 78 valence electrons. The fraction of sp³-hybridized carbons (Fsp3) is 0.273. The monoisotopic (exact) mass is 204 g/mol. The molecule has 0 aliphatic heterocycles. The first-order valence-electron chi connectivity index (χ1n) is 4.57. The largest absolute Gasteiger partial charge is 0.492 e. The van der Waals surface area contributed by atoms with Crippen molar-refractivity contribution in [2.75, 3.05) is 12.3 Å². The molecule has 0 saturated carbocycles. The Morgan fingerprint density at radius 3 is 2.73 bits per heavy atom. The highest BCUT2D eigenvalue weighted by molar-refractivity contribution is 5.96. The number of Topliss-reactive ketones (excluding diaryl/α,β-unsaturated/α-hetero) is 1. The predicted octanol–water partition coefficient (Wildman–Crippen LogP) is 1.74. The molecule has 0 spiro atoms.